The number of rotatable bonds is 0. The highest BCUT2D eigenvalue weighted by molar-refractivity contribution is 6.07. The van der Waals surface area contributed by atoms with Crippen LogP contribution in [0.25, 0.3) is 32.9 Å². The summed E-state index contributed by atoms with van der Waals surface area (Å²) in [5.74, 6) is 0. The van der Waals surface area contributed by atoms with Crippen molar-refractivity contribution in [2.75, 3.05) is 0 Å². The Morgan fingerprint density at radius 1 is 0.241 bits per heavy atom. The van der Waals surface area contributed by atoms with Crippen LogP contribution >= 0.6 is 0 Å². The highest BCUT2D eigenvalue weighted by Gasteiger charge is 2.34. The van der Waals surface area contributed by atoms with E-state index in [0.717, 1.165) is 0 Å². The lowest BCUT2D eigenvalue weighted by Gasteiger charge is -2.20. The zero-order valence-corrected chi connectivity index (χ0v) is 61.1. The molecule has 0 atom stereocenters. The van der Waals surface area contributed by atoms with Crippen molar-refractivity contribution in [3.63, 3.8) is 0 Å². The molecule has 87 heavy (non-hydrogen) atoms. The van der Waals surface area contributed by atoms with Crippen molar-refractivity contribution in [2.24, 2.45) is 7.05 Å². The molecule has 10 aromatic rings. The summed E-state index contributed by atoms with van der Waals surface area (Å²) in [7, 11) is 2.12. The summed E-state index contributed by atoms with van der Waals surface area (Å²) >= 11 is 0. The number of aryl methyl sites for hydroxylation is 1. The lowest BCUT2D eigenvalue weighted by Crippen LogP contribution is -2.14. The minimum absolute atomic E-state index is 0.160. The van der Waals surface area contributed by atoms with Gasteiger partial charge in [-0.15, -0.1) is 5.10 Å². The molecule has 0 N–H and O–H groups in total. The molecule has 0 spiro atoms. The van der Waals surface area contributed by atoms with Crippen LogP contribution in [0.5, 0.6) is 0 Å². The summed E-state index contributed by atoms with van der Waals surface area (Å²) in [5, 5.41) is 9.57. The smallest absolute Gasteiger partial charge is 0.138 e. The number of hydrogen-bond donors (Lipinski definition) is 0. The fraction of sp³-hybridized carbons (Fsp3) is 0.427. The van der Waals surface area contributed by atoms with Gasteiger partial charge < -0.3 is 4.57 Å². The second-order valence-electron chi connectivity index (χ2n) is 12.7. The standard InChI is InChI=1S/C15H14.C13H11N.C5H5N.2C4H4N2.2C3H3N3.14C2H6/c1-15(2)13-9-5-3-7-11(13)12-8-4-6-10-14(12)15;1-14-12-8-4-2-6-10(12)11-7-3-5-9-13(11)14;1-2-4-6-5-3-1;1-2-6-4-3-5-1;1-2-5-4-6-3-1;1-4-2-6-3-5-1;1-2-5-6-3-4-1;14*1-2/h3-10H,1-2H3;2-9H,1H3;1-5H;2*1-4H;2*1-3H;14*1-2H3. The Labute approximate surface area is 536 Å². The molecule has 11 rings (SSSR count). The number of hydrogen-bond acceptors (Lipinski definition) is 11. The Morgan fingerprint density at radius 2 is 0.517 bits per heavy atom. The Hall–Kier alpha value is -7.99. The van der Waals surface area contributed by atoms with Gasteiger partial charge in [0.05, 0.1) is 6.20 Å². The zero-order valence-electron chi connectivity index (χ0n) is 61.1. The fourth-order valence-corrected chi connectivity index (χ4v) is 6.02. The van der Waals surface area contributed by atoms with E-state index in [1.54, 1.807) is 61.8 Å². The second-order valence-corrected chi connectivity index (χ2v) is 12.7. The van der Waals surface area contributed by atoms with E-state index in [9.17, 15) is 0 Å². The van der Waals surface area contributed by atoms with E-state index >= 15 is 0 Å². The first-order valence-electron chi connectivity index (χ1n) is 32.6. The molecule has 1 aliphatic carbocycles. The molecular formula is C75H128N12. The van der Waals surface area contributed by atoms with Crippen molar-refractivity contribution in [3.8, 4) is 11.1 Å². The van der Waals surface area contributed by atoms with Gasteiger partial charge in [0.1, 0.15) is 31.6 Å². The van der Waals surface area contributed by atoms with Crippen molar-refractivity contribution in [3.05, 3.63) is 226 Å². The molecule has 0 unspecified atom stereocenters. The predicted octanol–water partition coefficient (Wildman–Crippen LogP) is 23.5. The lowest BCUT2D eigenvalue weighted by molar-refractivity contribution is 0.660. The van der Waals surface area contributed by atoms with Crippen molar-refractivity contribution < 1.29 is 0 Å². The van der Waals surface area contributed by atoms with Gasteiger partial charge in [0.15, 0.2) is 0 Å². The number of pyridine rings is 1. The first kappa shape index (κ1) is 101. The molecule has 6 heterocycles. The SMILES string of the molecule is CC.CC.CC.CC.CC.CC.CC.CC.CC.CC.CC.CC.CC.CC.CC1(C)c2ccccc2-c2ccccc21.Cn1c2ccccc2c2ccccc21.c1ccncc1.c1cnccn1.c1cncnc1.c1cnncn1.c1ncncn1. The first-order valence-corrected chi connectivity index (χ1v) is 32.6. The third-order valence-electron chi connectivity index (χ3n) is 8.64. The van der Waals surface area contributed by atoms with Crippen LogP contribution in [0.15, 0.2) is 215 Å². The average molecular weight is 1200 g/mol. The van der Waals surface area contributed by atoms with Crippen LogP contribution in [0.4, 0.5) is 0 Å². The van der Waals surface area contributed by atoms with E-state index < -0.39 is 0 Å². The van der Waals surface area contributed by atoms with Crippen LogP contribution in [0.3, 0.4) is 0 Å². The van der Waals surface area contributed by atoms with Gasteiger partial charge in [-0.25, -0.2) is 29.9 Å². The summed E-state index contributed by atoms with van der Waals surface area (Å²) in [5.41, 5.74) is 8.46. The fourth-order valence-electron chi connectivity index (χ4n) is 6.02. The summed E-state index contributed by atoms with van der Waals surface area (Å²) in [6.07, 6.45) is 23.7. The van der Waals surface area contributed by atoms with Crippen LogP contribution in [0.2, 0.25) is 0 Å². The summed E-state index contributed by atoms with van der Waals surface area (Å²) in [4.78, 5) is 32.9. The normalized spacial score (nSPS) is 8.26. The van der Waals surface area contributed by atoms with Gasteiger partial charge in [0, 0.05) is 90.0 Å². The molecule has 0 fully saturated rings. The Morgan fingerprint density at radius 3 is 0.736 bits per heavy atom. The highest BCUT2D eigenvalue weighted by atomic mass is 15.1. The minimum atomic E-state index is 0.160. The van der Waals surface area contributed by atoms with Gasteiger partial charge in [-0.2, -0.15) is 5.10 Å². The summed E-state index contributed by atoms with van der Waals surface area (Å²) < 4.78 is 2.24. The predicted molar refractivity (Wildman–Crippen MR) is 391 cm³/mol. The third kappa shape index (κ3) is 51.0. The number of para-hydroxylation sites is 2. The van der Waals surface area contributed by atoms with E-state index in [1.165, 1.54) is 81.9 Å². The van der Waals surface area contributed by atoms with Gasteiger partial charge in [-0.05, 0) is 52.6 Å². The zero-order chi connectivity index (χ0) is 69.2. The van der Waals surface area contributed by atoms with Crippen LogP contribution in [-0.2, 0) is 12.5 Å². The monoisotopic (exact) mass is 1200 g/mol. The van der Waals surface area contributed by atoms with E-state index in [1.807, 2.05) is 212 Å². The van der Waals surface area contributed by atoms with Crippen LogP contribution in [0, 0.1) is 0 Å². The molecule has 12 heteroatoms. The molecule has 0 bridgehead atoms. The van der Waals surface area contributed by atoms with Gasteiger partial charge >= 0.3 is 0 Å². The summed E-state index contributed by atoms with van der Waals surface area (Å²) in [6, 6.07) is 42.0. The third-order valence-corrected chi connectivity index (χ3v) is 8.64. The maximum absolute atomic E-state index is 3.78. The molecular weight excluding hydrogens is 1070 g/mol. The average Bonchev–Trinajstić information content (AvgIpc) is 3.69. The van der Waals surface area contributed by atoms with Crippen molar-refractivity contribution >= 4 is 21.8 Å². The van der Waals surface area contributed by atoms with Crippen LogP contribution in [0.1, 0.15) is 219 Å². The topological polar surface area (TPSA) is 147 Å². The maximum Gasteiger partial charge on any atom is 0.138 e. The number of nitrogens with zero attached hydrogens (tertiary/aromatic N) is 12. The van der Waals surface area contributed by atoms with Crippen LogP contribution in [-0.4, -0.2) is 59.6 Å². The van der Waals surface area contributed by atoms with Gasteiger partial charge in [0.2, 0.25) is 0 Å². The lowest BCUT2D eigenvalue weighted by atomic mass is 9.82. The Balaban J connectivity index is -0.0000000953. The number of fused-ring (bicyclic) bond motifs is 6. The highest BCUT2D eigenvalue weighted by Crippen LogP contribution is 2.48. The molecule has 0 aliphatic heterocycles. The second kappa shape index (κ2) is 91.7. The maximum atomic E-state index is 3.78. The minimum Gasteiger partial charge on any atom is -0.344 e. The van der Waals surface area contributed by atoms with E-state index in [4.69, 9.17) is 0 Å². The van der Waals surface area contributed by atoms with Crippen molar-refractivity contribution in [2.45, 2.75) is 213 Å². The largest absolute Gasteiger partial charge is 0.344 e. The first-order chi connectivity index (χ1) is 43.1. The quantitative estimate of drug-likeness (QED) is 0.143. The molecule has 0 saturated carbocycles. The molecule has 0 saturated heterocycles. The Bertz CT molecular complexity index is 2190. The van der Waals surface area contributed by atoms with E-state index in [-0.39, 0.29) is 5.41 Å². The number of aromatic nitrogens is 12. The molecule has 0 radical (unpaired) electrons. The molecule has 0 amide bonds. The molecule has 12 nitrogen and oxygen atoms in total. The van der Waals surface area contributed by atoms with Gasteiger partial charge in [-0.3, -0.25) is 15.0 Å². The van der Waals surface area contributed by atoms with E-state index in [2.05, 4.69) is 178 Å². The van der Waals surface area contributed by atoms with Crippen molar-refractivity contribution in [1.29, 1.82) is 0 Å². The molecule has 1 aliphatic rings. The van der Waals surface area contributed by atoms with Gasteiger partial charge in [0.25, 0.3) is 0 Å². The Kier molecular flexibility index (Phi) is 106. The van der Waals surface area contributed by atoms with Crippen molar-refractivity contribution in [1.82, 2.24) is 59.6 Å². The molecule has 6 aromatic heterocycles. The summed E-state index contributed by atoms with van der Waals surface area (Å²) in [6.45, 7) is 60.6. The molecule has 4 aromatic carbocycles. The van der Waals surface area contributed by atoms with E-state index in [0.29, 0.717) is 0 Å². The van der Waals surface area contributed by atoms with Crippen LogP contribution < -0.4 is 0 Å². The van der Waals surface area contributed by atoms with Gasteiger partial charge in [-0.1, -0.05) is 299 Å². The molecule has 488 valence electrons. The number of benzene rings is 4.